The van der Waals surface area contributed by atoms with Crippen molar-refractivity contribution in [2.24, 2.45) is 11.7 Å². The van der Waals surface area contributed by atoms with Crippen molar-refractivity contribution in [3.63, 3.8) is 0 Å². The van der Waals surface area contributed by atoms with Crippen molar-refractivity contribution < 1.29 is 9.21 Å². The van der Waals surface area contributed by atoms with Gasteiger partial charge < -0.3 is 10.2 Å². The van der Waals surface area contributed by atoms with E-state index in [1.54, 1.807) is 13.0 Å². The fourth-order valence-electron chi connectivity index (χ4n) is 1.57. The normalized spacial score (nSPS) is 20.5. The largest absolute Gasteiger partial charge is 0.460 e. The first kappa shape index (κ1) is 9.93. The molecule has 14 heavy (non-hydrogen) atoms. The zero-order chi connectivity index (χ0) is 10.3. The molecule has 1 aromatic heterocycles. The predicted molar refractivity (Wildman–Crippen MR) is 56.1 cm³/mol. The van der Waals surface area contributed by atoms with E-state index in [2.05, 4.69) is 15.9 Å². The predicted octanol–water partition coefficient (Wildman–Crippen LogP) is 2.35. The Morgan fingerprint density at radius 3 is 2.79 bits per heavy atom. The number of carbonyl (C=O) groups is 1. The number of carbonyl (C=O) groups excluding carboxylic acids is 1. The summed E-state index contributed by atoms with van der Waals surface area (Å²) in [5, 5.41) is 0. The van der Waals surface area contributed by atoms with Crippen LogP contribution in [0.25, 0.3) is 0 Å². The Kier molecular flexibility index (Phi) is 2.27. The molecule has 0 spiro atoms. The van der Waals surface area contributed by atoms with Crippen molar-refractivity contribution in [2.45, 2.75) is 25.3 Å². The summed E-state index contributed by atoms with van der Waals surface area (Å²) >= 11 is 3.26. The Hall–Kier alpha value is -0.610. The standard InChI is InChI=1S/C10H12BrNO2/c1-10(12,6-2-3-6)9(13)8-7(11)4-5-14-8/h4-6H,2-3,12H2,1H3. The molecule has 0 aliphatic heterocycles. The van der Waals surface area contributed by atoms with Crippen LogP contribution in [0.1, 0.15) is 30.3 Å². The van der Waals surface area contributed by atoms with Crippen molar-refractivity contribution in [3.8, 4) is 0 Å². The Morgan fingerprint density at radius 2 is 2.36 bits per heavy atom. The van der Waals surface area contributed by atoms with Crippen LogP contribution in [-0.2, 0) is 0 Å². The van der Waals surface area contributed by atoms with Crippen LogP contribution < -0.4 is 5.73 Å². The van der Waals surface area contributed by atoms with E-state index in [0.717, 1.165) is 12.8 Å². The minimum Gasteiger partial charge on any atom is -0.460 e. The number of hydrogen-bond donors (Lipinski definition) is 1. The van der Waals surface area contributed by atoms with Crippen LogP contribution in [-0.4, -0.2) is 11.3 Å². The van der Waals surface area contributed by atoms with Gasteiger partial charge in [0.15, 0.2) is 5.76 Å². The monoisotopic (exact) mass is 257 g/mol. The van der Waals surface area contributed by atoms with Gasteiger partial charge >= 0.3 is 0 Å². The van der Waals surface area contributed by atoms with Crippen molar-refractivity contribution in [3.05, 3.63) is 22.6 Å². The fourth-order valence-corrected chi connectivity index (χ4v) is 1.95. The average Bonchev–Trinajstić information content (AvgIpc) is 2.89. The van der Waals surface area contributed by atoms with E-state index in [4.69, 9.17) is 10.2 Å². The summed E-state index contributed by atoms with van der Waals surface area (Å²) in [7, 11) is 0. The van der Waals surface area contributed by atoms with Crippen LogP contribution in [0.3, 0.4) is 0 Å². The van der Waals surface area contributed by atoms with E-state index in [0.29, 0.717) is 16.2 Å². The second kappa shape index (κ2) is 3.21. The topological polar surface area (TPSA) is 56.2 Å². The van der Waals surface area contributed by atoms with Crippen LogP contribution in [0.4, 0.5) is 0 Å². The van der Waals surface area contributed by atoms with Gasteiger partial charge in [-0.05, 0) is 47.7 Å². The maximum atomic E-state index is 12.0. The molecular weight excluding hydrogens is 246 g/mol. The van der Waals surface area contributed by atoms with Crippen LogP contribution in [0.5, 0.6) is 0 Å². The molecule has 1 atom stereocenters. The Bertz CT molecular complexity index is 366. The van der Waals surface area contributed by atoms with Crippen LogP contribution >= 0.6 is 15.9 Å². The molecule has 2 N–H and O–H groups in total. The molecule has 0 saturated heterocycles. The molecule has 76 valence electrons. The summed E-state index contributed by atoms with van der Waals surface area (Å²) in [5.41, 5.74) is 5.22. The lowest BCUT2D eigenvalue weighted by Crippen LogP contribution is -2.47. The van der Waals surface area contributed by atoms with Crippen LogP contribution in [0.2, 0.25) is 0 Å². The lowest BCUT2D eigenvalue weighted by atomic mass is 9.90. The summed E-state index contributed by atoms with van der Waals surface area (Å²) in [6.45, 7) is 1.78. The number of ketones is 1. The smallest absolute Gasteiger partial charge is 0.218 e. The van der Waals surface area contributed by atoms with Gasteiger partial charge in [-0.2, -0.15) is 0 Å². The highest BCUT2D eigenvalue weighted by Crippen LogP contribution is 2.40. The number of halogens is 1. The second-order valence-corrected chi connectivity index (χ2v) is 4.84. The third-order valence-electron chi connectivity index (χ3n) is 2.74. The van der Waals surface area contributed by atoms with E-state index in [-0.39, 0.29) is 5.78 Å². The highest BCUT2D eigenvalue weighted by molar-refractivity contribution is 9.10. The number of hydrogen-bond acceptors (Lipinski definition) is 3. The van der Waals surface area contributed by atoms with E-state index in [9.17, 15) is 4.79 Å². The van der Waals surface area contributed by atoms with Gasteiger partial charge in [0.05, 0.1) is 16.3 Å². The molecule has 1 aliphatic rings. The zero-order valence-electron chi connectivity index (χ0n) is 7.92. The fraction of sp³-hybridized carbons (Fsp3) is 0.500. The summed E-state index contributed by atoms with van der Waals surface area (Å²) in [4.78, 5) is 12.0. The first-order valence-corrected chi connectivity index (χ1v) is 5.39. The van der Waals surface area contributed by atoms with Gasteiger partial charge in [-0.25, -0.2) is 0 Å². The van der Waals surface area contributed by atoms with Gasteiger partial charge in [0.2, 0.25) is 5.78 Å². The van der Waals surface area contributed by atoms with Gasteiger partial charge in [0.25, 0.3) is 0 Å². The molecule has 1 heterocycles. The van der Waals surface area contributed by atoms with Gasteiger partial charge in [0, 0.05) is 0 Å². The minimum absolute atomic E-state index is 0.114. The molecule has 3 nitrogen and oxygen atoms in total. The molecule has 1 saturated carbocycles. The summed E-state index contributed by atoms with van der Waals surface area (Å²) in [6.07, 6.45) is 3.56. The first-order chi connectivity index (χ1) is 6.53. The van der Waals surface area contributed by atoms with Crippen molar-refractivity contribution in [1.29, 1.82) is 0 Å². The molecule has 4 heteroatoms. The molecular formula is C10H12BrNO2. The van der Waals surface area contributed by atoms with Gasteiger partial charge in [-0.15, -0.1) is 0 Å². The Balaban J connectivity index is 2.27. The SMILES string of the molecule is CC(N)(C(=O)c1occc1Br)C1CC1. The first-order valence-electron chi connectivity index (χ1n) is 4.60. The molecule has 1 fully saturated rings. The Morgan fingerprint density at radius 1 is 1.71 bits per heavy atom. The van der Waals surface area contributed by atoms with E-state index in [1.165, 1.54) is 6.26 Å². The molecule has 0 amide bonds. The highest BCUT2D eigenvalue weighted by Gasteiger charge is 2.45. The van der Waals surface area contributed by atoms with Gasteiger partial charge in [-0.1, -0.05) is 0 Å². The maximum absolute atomic E-state index is 12.0. The molecule has 0 bridgehead atoms. The van der Waals surface area contributed by atoms with Gasteiger partial charge in [-0.3, -0.25) is 4.79 Å². The average molecular weight is 258 g/mol. The lowest BCUT2D eigenvalue weighted by molar-refractivity contribution is 0.0853. The van der Waals surface area contributed by atoms with Crippen LogP contribution in [0.15, 0.2) is 21.2 Å². The number of Topliss-reactive ketones (excluding diaryl/α,β-unsaturated/α-hetero) is 1. The third-order valence-corrected chi connectivity index (χ3v) is 3.36. The van der Waals surface area contributed by atoms with E-state index < -0.39 is 5.54 Å². The lowest BCUT2D eigenvalue weighted by Gasteiger charge is -2.21. The number of nitrogens with two attached hydrogens (primary N) is 1. The summed E-state index contributed by atoms with van der Waals surface area (Å²) in [6, 6.07) is 1.70. The zero-order valence-corrected chi connectivity index (χ0v) is 9.50. The highest BCUT2D eigenvalue weighted by atomic mass is 79.9. The number of furan rings is 1. The number of rotatable bonds is 3. The quantitative estimate of drug-likeness (QED) is 0.846. The molecule has 2 rings (SSSR count). The third kappa shape index (κ3) is 1.53. The van der Waals surface area contributed by atoms with Gasteiger partial charge in [0.1, 0.15) is 0 Å². The molecule has 0 aromatic carbocycles. The Labute approximate surface area is 90.8 Å². The second-order valence-electron chi connectivity index (χ2n) is 3.98. The van der Waals surface area contributed by atoms with Crippen molar-refractivity contribution in [1.82, 2.24) is 0 Å². The van der Waals surface area contributed by atoms with Crippen molar-refractivity contribution in [2.75, 3.05) is 0 Å². The molecule has 1 aliphatic carbocycles. The maximum Gasteiger partial charge on any atom is 0.218 e. The van der Waals surface area contributed by atoms with E-state index in [1.807, 2.05) is 0 Å². The minimum atomic E-state index is -0.777. The summed E-state index contributed by atoms with van der Waals surface area (Å²) < 4.78 is 5.79. The molecule has 1 aromatic rings. The molecule has 1 unspecified atom stereocenters. The van der Waals surface area contributed by atoms with Crippen molar-refractivity contribution >= 4 is 21.7 Å². The van der Waals surface area contributed by atoms with Crippen LogP contribution in [0, 0.1) is 5.92 Å². The molecule has 0 radical (unpaired) electrons. The van der Waals surface area contributed by atoms with E-state index >= 15 is 0 Å². The summed E-state index contributed by atoms with van der Waals surface area (Å²) in [5.74, 6) is 0.533.